The van der Waals surface area contributed by atoms with Crippen molar-refractivity contribution in [1.82, 2.24) is 19.9 Å². The third-order valence-electron chi connectivity index (χ3n) is 6.09. The van der Waals surface area contributed by atoms with E-state index in [0.29, 0.717) is 11.3 Å². The van der Waals surface area contributed by atoms with E-state index in [1.165, 1.54) is 6.07 Å². The van der Waals surface area contributed by atoms with E-state index in [-0.39, 0.29) is 23.3 Å². The fraction of sp³-hybridized carbons (Fsp3) is 0.381. The van der Waals surface area contributed by atoms with Gasteiger partial charge in [0.2, 0.25) is 0 Å². The first-order valence-electron chi connectivity index (χ1n) is 9.66. The van der Waals surface area contributed by atoms with Gasteiger partial charge in [-0.15, -0.1) is 5.10 Å². The van der Waals surface area contributed by atoms with E-state index in [4.69, 9.17) is 5.10 Å². The van der Waals surface area contributed by atoms with Crippen molar-refractivity contribution in [1.29, 1.82) is 0 Å². The lowest BCUT2D eigenvalue weighted by Gasteiger charge is -2.31. The molecule has 6 nitrogen and oxygen atoms in total. The summed E-state index contributed by atoms with van der Waals surface area (Å²) < 4.78 is 15.8. The van der Waals surface area contributed by atoms with Gasteiger partial charge in [0.25, 0.3) is 5.91 Å². The van der Waals surface area contributed by atoms with Gasteiger partial charge in [-0.05, 0) is 68.0 Å². The zero-order valence-electron chi connectivity index (χ0n) is 15.9. The Morgan fingerprint density at radius 1 is 1.25 bits per heavy atom. The highest BCUT2D eigenvalue weighted by molar-refractivity contribution is 5.93. The number of nitrogens with one attached hydrogen (secondary N) is 1. The Morgan fingerprint density at radius 2 is 2.07 bits per heavy atom. The Morgan fingerprint density at radius 3 is 2.86 bits per heavy atom. The molecule has 2 bridgehead atoms. The molecule has 1 saturated carbocycles. The largest absolute Gasteiger partial charge is 0.348 e. The first-order valence-corrected chi connectivity index (χ1v) is 9.66. The van der Waals surface area contributed by atoms with E-state index in [1.54, 1.807) is 16.8 Å². The highest BCUT2D eigenvalue weighted by Crippen LogP contribution is 2.52. The first-order chi connectivity index (χ1) is 13.5. The van der Waals surface area contributed by atoms with Crippen LogP contribution < -0.4 is 10.2 Å². The fourth-order valence-corrected chi connectivity index (χ4v) is 4.26. The molecule has 1 aromatic carbocycles. The smallest absolute Gasteiger partial charge is 0.271 e. The molecule has 1 fully saturated rings. The van der Waals surface area contributed by atoms with Crippen LogP contribution in [0.25, 0.3) is 5.65 Å². The van der Waals surface area contributed by atoms with Crippen LogP contribution in [0.2, 0.25) is 0 Å². The summed E-state index contributed by atoms with van der Waals surface area (Å²) in [4.78, 5) is 19.2. The molecule has 1 spiro atoms. The van der Waals surface area contributed by atoms with Gasteiger partial charge in [0.05, 0.1) is 11.7 Å². The molecule has 2 aromatic heterocycles. The topological polar surface area (TPSA) is 62.5 Å². The van der Waals surface area contributed by atoms with Gasteiger partial charge in [0.15, 0.2) is 11.3 Å². The van der Waals surface area contributed by atoms with Crippen LogP contribution in [0, 0.1) is 5.82 Å². The number of carbonyl (C=O) groups is 1. The van der Waals surface area contributed by atoms with E-state index in [0.717, 1.165) is 42.6 Å². The van der Waals surface area contributed by atoms with E-state index < -0.39 is 0 Å². The molecule has 1 atom stereocenters. The zero-order valence-corrected chi connectivity index (χ0v) is 15.9. The molecule has 0 radical (unpaired) electrons. The molecule has 1 aliphatic carbocycles. The average molecular weight is 379 g/mol. The second-order valence-electron chi connectivity index (χ2n) is 7.91. The Labute approximate surface area is 162 Å². The number of carbonyl (C=O) groups excluding carboxylic acids is 1. The van der Waals surface area contributed by atoms with Gasteiger partial charge in [-0.1, -0.05) is 6.07 Å². The SMILES string of the molecule is C[C@@H]1CCc2ccc(F)cc2C2(CC2)N(C)c2ccc3ncc(n3n2)C(=O)N1. The molecule has 3 aromatic rings. The van der Waals surface area contributed by atoms with Crippen LogP contribution in [0.3, 0.4) is 0 Å². The lowest BCUT2D eigenvalue weighted by Crippen LogP contribution is -2.33. The Balaban J connectivity index is 1.70. The van der Waals surface area contributed by atoms with Crippen molar-refractivity contribution in [3.05, 3.63) is 59.2 Å². The van der Waals surface area contributed by atoms with Gasteiger partial charge in [0.1, 0.15) is 11.6 Å². The number of amides is 1. The number of aryl methyl sites for hydroxylation is 1. The minimum atomic E-state index is -0.256. The van der Waals surface area contributed by atoms with Crippen LogP contribution in [0.1, 0.15) is 47.8 Å². The van der Waals surface area contributed by atoms with Gasteiger partial charge in [-0.3, -0.25) is 4.79 Å². The molecule has 7 heteroatoms. The van der Waals surface area contributed by atoms with Gasteiger partial charge >= 0.3 is 0 Å². The van der Waals surface area contributed by atoms with Crippen molar-refractivity contribution < 1.29 is 9.18 Å². The summed E-state index contributed by atoms with van der Waals surface area (Å²) in [5, 5.41) is 7.73. The number of hydrogen-bond acceptors (Lipinski definition) is 4. The Hall–Kier alpha value is -2.96. The van der Waals surface area contributed by atoms with Crippen molar-refractivity contribution in [2.75, 3.05) is 11.9 Å². The number of halogens is 1. The number of aromatic nitrogens is 3. The predicted octanol–water partition coefficient (Wildman–Crippen LogP) is 3.06. The van der Waals surface area contributed by atoms with Gasteiger partial charge in [-0.25, -0.2) is 13.9 Å². The summed E-state index contributed by atoms with van der Waals surface area (Å²) in [6, 6.07) is 8.83. The maximum atomic E-state index is 14.2. The molecular formula is C21H22FN5O. The van der Waals surface area contributed by atoms with E-state index in [1.807, 2.05) is 32.2 Å². The second kappa shape index (κ2) is 6.02. The normalized spacial score (nSPS) is 21.0. The number of anilines is 1. The number of rotatable bonds is 0. The van der Waals surface area contributed by atoms with Crippen molar-refractivity contribution in [2.45, 2.75) is 44.2 Å². The standard InChI is InChI=1S/C21H22FN5O/c1-13-3-4-14-5-6-15(22)11-16(14)21(9-10-21)26(2)19-8-7-18-23-12-17(20(28)24-13)27(18)25-19/h5-8,11-13H,3-4,9-10H2,1-2H3,(H,24,28)/t13-/m1/s1. The summed E-state index contributed by atoms with van der Waals surface area (Å²) in [5.74, 6) is 0.330. The molecular weight excluding hydrogens is 357 g/mol. The maximum Gasteiger partial charge on any atom is 0.271 e. The van der Waals surface area contributed by atoms with E-state index >= 15 is 0 Å². The number of benzene rings is 1. The molecule has 3 heterocycles. The molecule has 5 rings (SSSR count). The third-order valence-corrected chi connectivity index (χ3v) is 6.09. The lowest BCUT2D eigenvalue weighted by molar-refractivity contribution is 0.0931. The quantitative estimate of drug-likeness (QED) is 0.652. The Bertz CT molecular complexity index is 1090. The average Bonchev–Trinajstić information content (AvgIpc) is 3.38. The third kappa shape index (κ3) is 2.57. The minimum Gasteiger partial charge on any atom is -0.348 e. The van der Waals surface area contributed by atoms with Crippen LogP contribution in [0.5, 0.6) is 0 Å². The minimum absolute atomic E-state index is 0.0206. The molecule has 2 aliphatic rings. The highest BCUT2D eigenvalue weighted by atomic mass is 19.1. The van der Waals surface area contributed by atoms with Crippen molar-refractivity contribution >= 4 is 17.4 Å². The van der Waals surface area contributed by atoms with Crippen LogP contribution in [-0.4, -0.2) is 33.6 Å². The molecule has 1 N–H and O–H groups in total. The monoisotopic (exact) mass is 379 g/mol. The van der Waals surface area contributed by atoms with E-state index in [2.05, 4.69) is 15.2 Å². The maximum absolute atomic E-state index is 14.2. The second-order valence-corrected chi connectivity index (χ2v) is 7.91. The number of fused-ring (bicyclic) bond motifs is 3. The van der Waals surface area contributed by atoms with Gasteiger partial charge in [-0.2, -0.15) is 0 Å². The summed E-state index contributed by atoms with van der Waals surface area (Å²) in [6.45, 7) is 1.99. The molecule has 0 saturated heterocycles. The number of hydrogen-bond donors (Lipinski definition) is 1. The van der Waals surface area contributed by atoms with E-state index in [9.17, 15) is 9.18 Å². The van der Waals surface area contributed by atoms with Crippen molar-refractivity contribution in [2.24, 2.45) is 0 Å². The zero-order chi connectivity index (χ0) is 19.5. The molecule has 28 heavy (non-hydrogen) atoms. The summed E-state index contributed by atoms with van der Waals surface area (Å²) >= 11 is 0. The Kier molecular flexibility index (Phi) is 3.69. The lowest BCUT2D eigenvalue weighted by atomic mass is 9.93. The van der Waals surface area contributed by atoms with Crippen LogP contribution in [0.4, 0.5) is 10.2 Å². The van der Waals surface area contributed by atoms with Crippen LogP contribution >= 0.6 is 0 Å². The van der Waals surface area contributed by atoms with Crippen LogP contribution in [-0.2, 0) is 12.0 Å². The first kappa shape index (κ1) is 17.2. The number of imidazole rings is 1. The summed E-state index contributed by atoms with van der Waals surface area (Å²) in [7, 11) is 1.99. The van der Waals surface area contributed by atoms with Gasteiger partial charge < -0.3 is 10.2 Å². The van der Waals surface area contributed by atoms with Crippen LogP contribution in [0.15, 0.2) is 36.5 Å². The predicted molar refractivity (Wildman–Crippen MR) is 104 cm³/mol. The highest BCUT2D eigenvalue weighted by Gasteiger charge is 2.50. The molecule has 0 unspecified atom stereocenters. The summed E-state index contributed by atoms with van der Waals surface area (Å²) in [5.41, 5.74) is 2.95. The fourth-order valence-electron chi connectivity index (χ4n) is 4.26. The van der Waals surface area contributed by atoms with Gasteiger partial charge in [0, 0.05) is 13.1 Å². The van der Waals surface area contributed by atoms with Crippen molar-refractivity contribution in [3.8, 4) is 0 Å². The van der Waals surface area contributed by atoms with Crippen molar-refractivity contribution in [3.63, 3.8) is 0 Å². The molecule has 1 amide bonds. The molecule has 144 valence electrons. The molecule has 1 aliphatic heterocycles. The summed E-state index contributed by atoms with van der Waals surface area (Å²) in [6.07, 6.45) is 5.01. The number of nitrogens with zero attached hydrogens (tertiary/aromatic N) is 4.